The molecule has 1 aliphatic heterocycles. The Kier molecular flexibility index (Phi) is 5.11. The zero-order chi connectivity index (χ0) is 18.7. The maximum absolute atomic E-state index is 12.1. The molecule has 138 valence electrons. The SMILES string of the molecule is CCCCOc1ccc(C2C(C(N)=O)=C(C)Nc3ncnn32)cc1OC. The number of unbranched alkanes of at least 4 members (excludes halogenated alkanes) is 1. The number of methoxy groups -OCH3 is 1. The molecule has 3 N–H and O–H groups in total. The standard InChI is InChI=1S/C18H23N5O3/c1-4-5-8-26-13-7-6-12(9-14(13)25-3)16-15(17(19)24)11(2)22-18-20-10-21-23(16)18/h6-7,9-10,16H,4-5,8H2,1-3H3,(H2,19,24)(H,20,21,22). The number of hydrogen-bond donors (Lipinski definition) is 2. The minimum Gasteiger partial charge on any atom is -0.493 e. The lowest BCUT2D eigenvalue weighted by atomic mass is 9.95. The number of aromatic nitrogens is 3. The topological polar surface area (TPSA) is 104 Å². The summed E-state index contributed by atoms with van der Waals surface area (Å²) >= 11 is 0. The molecular formula is C18H23N5O3. The fourth-order valence-electron chi connectivity index (χ4n) is 3.02. The third-order valence-electron chi connectivity index (χ3n) is 4.32. The molecule has 0 fully saturated rings. The lowest BCUT2D eigenvalue weighted by Gasteiger charge is -2.28. The quantitative estimate of drug-likeness (QED) is 0.737. The second-order valence-corrected chi connectivity index (χ2v) is 6.07. The molecule has 0 saturated carbocycles. The van der Waals surface area contributed by atoms with Gasteiger partial charge >= 0.3 is 0 Å². The Bertz CT molecular complexity index is 843. The maximum atomic E-state index is 12.1. The molecule has 26 heavy (non-hydrogen) atoms. The monoisotopic (exact) mass is 357 g/mol. The number of primary amides is 1. The number of rotatable bonds is 7. The smallest absolute Gasteiger partial charge is 0.248 e. The van der Waals surface area contributed by atoms with Gasteiger partial charge in [-0.05, 0) is 31.0 Å². The lowest BCUT2D eigenvalue weighted by Crippen LogP contribution is -2.31. The molecule has 3 rings (SSSR count). The Morgan fingerprint density at radius 3 is 2.88 bits per heavy atom. The first-order valence-corrected chi connectivity index (χ1v) is 8.54. The molecule has 0 bridgehead atoms. The van der Waals surface area contributed by atoms with Crippen LogP contribution in [-0.4, -0.2) is 34.4 Å². The lowest BCUT2D eigenvalue weighted by molar-refractivity contribution is -0.115. The van der Waals surface area contributed by atoms with Crippen LogP contribution in [0.15, 0.2) is 35.8 Å². The number of benzene rings is 1. The third-order valence-corrected chi connectivity index (χ3v) is 4.32. The molecule has 2 aromatic rings. The molecule has 1 atom stereocenters. The van der Waals surface area contributed by atoms with Crippen molar-refractivity contribution in [1.29, 1.82) is 0 Å². The average molecular weight is 357 g/mol. The Hall–Kier alpha value is -3.03. The van der Waals surface area contributed by atoms with Crippen molar-refractivity contribution in [2.24, 2.45) is 5.73 Å². The molecule has 0 radical (unpaired) electrons. The van der Waals surface area contributed by atoms with Gasteiger partial charge in [0.15, 0.2) is 11.5 Å². The van der Waals surface area contributed by atoms with E-state index in [1.54, 1.807) is 18.7 Å². The van der Waals surface area contributed by atoms with Crippen molar-refractivity contribution in [1.82, 2.24) is 14.8 Å². The number of anilines is 1. The summed E-state index contributed by atoms with van der Waals surface area (Å²) < 4.78 is 12.9. The van der Waals surface area contributed by atoms with Crippen molar-refractivity contribution < 1.29 is 14.3 Å². The summed E-state index contributed by atoms with van der Waals surface area (Å²) in [5.74, 6) is 1.31. The molecule has 0 spiro atoms. The van der Waals surface area contributed by atoms with Gasteiger partial charge in [0.1, 0.15) is 12.4 Å². The Morgan fingerprint density at radius 1 is 1.38 bits per heavy atom. The van der Waals surface area contributed by atoms with Crippen LogP contribution in [0.2, 0.25) is 0 Å². The van der Waals surface area contributed by atoms with Crippen LogP contribution in [0.3, 0.4) is 0 Å². The van der Waals surface area contributed by atoms with E-state index in [0.717, 1.165) is 18.4 Å². The first-order chi connectivity index (χ1) is 12.6. The first-order valence-electron chi connectivity index (χ1n) is 8.54. The summed E-state index contributed by atoms with van der Waals surface area (Å²) in [6.45, 7) is 4.53. The highest BCUT2D eigenvalue weighted by Gasteiger charge is 2.32. The molecule has 0 aliphatic carbocycles. The van der Waals surface area contributed by atoms with Crippen molar-refractivity contribution in [2.75, 3.05) is 19.0 Å². The van der Waals surface area contributed by atoms with Crippen LogP contribution in [-0.2, 0) is 4.79 Å². The molecular weight excluding hydrogens is 334 g/mol. The van der Waals surface area contributed by atoms with E-state index in [4.69, 9.17) is 15.2 Å². The van der Waals surface area contributed by atoms with Gasteiger partial charge in [0.25, 0.3) is 0 Å². The highest BCUT2D eigenvalue weighted by molar-refractivity contribution is 5.95. The molecule has 1 aromatic carbocycles. The van der Waals surface area contributed by atoms with Crippen molar-refractivity contribution >= 4 is 11.9 Å². The van der Waals surface area contributed by atoms with Gasteiger partial charge in [-0.25, -0.2) is 4.68 Å². The molecule has 8 heteroatoms. The number of fused-ring (bicyclic) bond motifs is 1. The predicted molar refractivity (Wildman–Crippen MR) is 97.1 cm³/mol. The average Bonchev–Trinajstić information content (AvgIpc) is 3.08. The molecule has 2 heterocycles. The number of nitrogens with one attached hydrogen (secondary N) is 1. The number of nitrogens with two attached hydrogens (primary N) is 1. The van der Waals surface area contributed by atoms with Crippen LogP contribution in [0.5, 0.6) is 11.5 Å². The van der Waals surface area contributed by atoms with Gasteiger partial charge in [0.2, 0.25) is 11.9 Å². The van der Waals surface area contributed by atoms with Crippen LogP contribution in [0.25, 0.3) is 0 Å². The third kappa shape index (κ3) is 3.22. The van der Waals surface area contributed by atoms with Gasteiger partial charge < -0.3 is 20.5 Å². The second kappa shape index (κ2) is 7.47. The van der Waals surface area contributed by atoms with E-state index < -0.39 is 11.9 Å². The van der Waals surface area contributed by atoms with Crippen molar-refractivity contribution in [3.05, 3.63) is 41.4 Å². The van der Waals surface area contributed by atoms with Gasteiger partial charge in [-0.2, -0.15) is 10.1 Å². The minimum absolute atomic E-state index is 0.435. The Labute approximate surface area is 152 Å². The zero-order valence-corrected chi connectivity index (χ0v) is 15.2. The van der Waals surface area contributed by atoms with E-state index in [0.29, 0.717) is 35.3 Å². The fraction of sp³-hybridized carbons (Fsp3) is 0.389. The number of carbonyl (C=O) groups is 1. The molecule has 8 nitrogen and oxygen atoms in total. The minimum atomic E-state index is -0.511. The van der Waals surface area contributed by atoms with Gasteiger partial charge in [-0.1, -0.05) is 19.4 Å². The summed E-state index contributed by atoms with van der Waals surface area (Å²) in [6.07, 6.45) is 3.46. The predicted octanol–water partition coefficient (Wildman–Crippen LogP) is 2.24. The van der Waals surface area contributed by atoms with Crippen LogP contribution in [0.4, 0.5) is 5.95 Å². The normalized spacial score (nSPS) is 16.0. The van der Waals surface area contributed by atoms with Crippen molar-refractivity contribution in [3.63, 3.8) is 0 Å². The van der Waals surface area contributed by atoms with E-state index in [1.165, 1.54) is 6.33 Å². The highest BCUT2D eigenvalue weighted by Crippen LogP contribution is 2.38. The van der Waals surface area contributed by atoms with Gasteiger partial charge in [0, 0.05) is 5.70 Å². The molecule has 1 aromatic heterocycles. The van der Waals surface area contributed by atoms with Gasteiger partial charge in [-0.15, -0.1) is 0 Å². The largest absolute Gasteiger partial charge is 0.493 e. The second-order valence-electron chi connectivity index (χ2n) is 6.07. The number of allylic oxidation sites excluding steroid dienone is 1. The maximum Gasteiger partial charge on any atom is 0.248 e. The zero-order valence-electron chi connectivity index (χ0n) is 15.2. The van der Waals surface area contributed by atoms with E-state index in [2.05, 4.69) is 22.3 Å². The van der Waals surface area contributed by atoms with Crippen LogP contribution in [0, 0.1) is 0 Å². The number of hydrogen-bond acceptors (Lipinski definition) is 6. The number of amides is 1. The van der Waals surface area contributed by atoms with E-state index >= 15 is 0 Å². The number of ether oxygens (including phenoxy) is 2. The molecule has 0 saturated heterocycles. The van der Waals surface area contributed by atoms with Gasteiger partial charge in [-0.3, -0.25) is 4.79 Å². The highest BCUT2D eigenvalue weighted by atomic mass is 16.5. The number of carbonyl (C=O) groups excluding carboxylic acids is 1. The van der Waals surface area contributed by atoms with Crippen molar-refractivity contribution in [2.45, 2.75) is 32.7 Å². The van der Waals surface area contributed by atoms with Crippen LogP contribution >= 0.6 is 0 Å². The molecule has 1 aliphatic rings. The van der Waals surface area contributed by atoms with Crippen LogP contribution < -0.4 is 20.5 Å². The van der Waals surface area contributed by atoms with E-state index in [9.17, 15) is 4.79 Å². The summed E-state index contributed by atoms with van der Waals surface area (Å²) in [5, 5.41) is 7.31. The van der Waals surface area contributed by atoms with Crippen molar-refractivity contribution in [3.8, 4) is 11.5 Å². The molecule has 1 unspecified atom stereocenters. The molecule has 1 amide bonds. The first kappa shape index (κ1) is 17.8. The van der Waals surface area contributed by atoms with Crippen LogP contribution in [0.1, 0.15) is 38.3 Å². The summed E-state index contributed by atoms with van der Waals surface area (Å²) in [7, 11) is 1.59. The van der Waals surface area contributed by atoms with E-state index in [-0.39, 0.29) is 0 Å². The fourth-order valence-corrected chi connectivity index (χ4v) is 3.02. The number of nitrogens with zero attached hydrogens (tertiary/aromatic N) is 3. The van der Waals surface area contributed by atoms with E-state index in [1.807, 2.05) is 18.2 Å². The van der Waals surface area contributed by atoms with Gasteiger partial charge in [0.05, 0.1) is 19.3 Å². The Morgan fingerprint density at radius 2 is 2.19 bits per heavy atom. The Balaban J connectivity index is 2.03. The summed E-state index contributed by atoms with van der Waals surface area (Å²) in [5.41, 5.74) is 7.54. The summed E-state index contributed by atoms with van der Waals surface area (Å²) in [6, 6.07) is 5.10. The summed E-state index contributed by atoms with van der Waals surface area (Å²) in [4.78, 5) is 16.3.